The lowest BCUT2D eigenvalue weighted by molar-refractivity contribution is -0.172. The lowest BCUT2D eigenvalue weighted by Crippen LogP contribution is -2.72. The minimum Gasteiger partial charge on any atom is -0.391 e. The maximum absolute atomic E-state index is 12.0. The van der Waals surface area contributed by atoms with Crippen molar-refractivity contribution in [3.05, 3.63) is 0 Å². The number of urea groups is 1. The van der Waals surface area contributed by atoms with E-state index < -0.39 is 6.10 Å². The lowest BCUT2D eigenvalue weighted by Gasteiger charge is -2.63. The van der Waals surface area contributed by atoms with Gasteiger partial charge in [-0.2, -0.15) is 0 Å². The van der Waals surface area contributed by atoms with Crippen molar-refractivity contribution in [2.45, 2.75) is 57.8 Å². The number of hydrogen-bond acceptors (Lipinski definition) is 3. The first-order valence-electron chi connectivity index (χ1n) is 7.88. The molecular weight excluding hydrogens is 256 g/mol. The predicted molar refractivity (Wildman–Crippen MR) is 75.3 cm³/mol. The average Bonchev–Trinajstić information content (AvgIpc) is 2.76. The lowest BCUT2D eigenvalue weighted by atomic mass is 9.46. The molecule has 5 heteroatoms. The highest BCUT2D eigenvalue weighted by molar-refractivity contribution is 5.74. The molecular formula is C15H26N2O3. The summed E-state index contributed by atoms with van der Waals surface area (Å²) in [6, 6.07) is 0.117. The van der Waals surface area contributed by atoms with Gasteiger partial charge in [0, 0.05) is 30.5 Å². The van der Waals surface area contributed by atoms with E-state index in [2.05, 4.69) is 10.6 Å². The van der Waals surface area contributed by atoms with Gasteiger partial charge in [0.2, 0.25) is 0 Å². The van der Waals surface area contributed by atoms with Crippen LogP contribution in [0.3, 0.4) is 0 Å². The zero-order valence-corrected chi connectivity index (χ0v) is 12.4. The molecule has 4 atom stereocenters. The fraction of sp³-hybridized carbons (Fsp3) is 0.933. The molecule has 5 nitrogen and oxygen atoms in total. The van der Waals surface area contributed by atoms with Gasteiger partial charge in [-0.15, -0.1) is 0 Å². The van der Waals surface area contributed by atoms with Crippen molar-refractivity contribution in [2.24, 2.45) is 17.3 Å². The topological polar surface area (TPSA) is 70.6 Å². The Hall–Kier alpha value is -0.810. The number of carbonyl (C=O) groups is 1. The molecule has 0 aromatic rings. The van der Waals surface area contributed by atoms with Crippen LogP contribution in [0.5, 0.6) is 0 Å². The SMILES string of the molecule is CC(C)C(O)CNC(=O)NC1C2CCOC2C12CCC2. The summed E-state index contributed by atoms with van der Waals surface area (Å²) < 4.78 is 5.84. The highest BCUT2D eigenvalue weighted by atomic mass is 16.5. The summed E-state index contributed by atoms with van der Waals surface area (Å²) in [6.45, 7) is 5.04. The molecule has 0 radical (unpaired) electrons. The van der Waals surface area contributed by atoms with E-state index in [0.717, 1.165) is 13.0 Å². The Labute approximate surface area is 120 Å². The summed E-state index contributed by atoms with van der Waals surface area (Å²) in [7, 11) is 0. The van der Waals surface area contributed by atoms with Crippen LogP contribution >= 0.6 is 0 Å². The molecule has 2 aliphatic carbocycles. The van der Waals surface area contributed by atoms with Gasteiger partial charge in [-0.1, -0.05) is 20.3 Å². The molecule has 2 amide bonds. The summed E-state index contributed by atoms with van der Waals surface area (Å²) in [5.41, 5.74) is 0.217. The van der Waals surface area contributed by atoms with Crippen LogP contribution in [0.15, 0.2) is 0 Å². The van der Waals surface area contributed by atoms with Crippen LogP contribution in [0.25, 0.3) is 0 Å². The normalized spacial score (nSPS) is 35.1. The van der Waals surface area contributed by atoms with Crippen LogP contribution in [0.1, 0.15) is 39.5 Å². The number of aliphatic hydroxyl groups excluding tert-OH is 1. The molecule has 1 aliphatic heterocycles. The van der Waals surface area contributed by atoms with Crippen LogP contribution in [-0.4, -0.2) is 42.5 Å². The molecule has 0 aromatic heterocycles. The monoisotopic (exact) mass is 282 g/mol. The van der Waals surface area contributed by atoms with E-state index in [1.165, 1.54) is 19.3 Å². The van der Waals surface area contributed by atoms with Gasteiger partial charge in [0.05, 0.1) is 12.2 Å². The molecule has 1 spiro atoms. The molecule has 0 aromatic carbocycles. The number of rotatable bonds is 4. The quantitative estimate of drug-likeness (QED) is 0.727. The van der Waals surface area contributed by atoms with Crippen LogP contribution in [0, 0.1) is 17.3 Å². The molecule has 3 N–H and O–H groups in total. The zero-order valence-electron chi connectivity index (χ0n) is 12.4. The van der Waals surface area contributed by atoms with Crippen molar-refractivity contribution in [2.75, 3.05) is 13.2 Å². The number of aliphatic hydroxyl groups is 1. The summed E-state index contributed by atoms with van der Waals surface area (Å²) in [5, 5.41) is 15.6. The summed E-state index contributed by atoms with van der Waals surface area (Å²) >= 11 is 0. The third-order valence-electron chi connectivity index (χ3n) is 5.56. The number of nitrogens with one attached hydrogen (secondary N) is 2. The van der Waals surface area contributed by atoms with Crippen molar-refractivity contribution < 1.29 is 14.6 Å². The Bertz CT molecular complexity index is 381. The molecule has 1 saturated heterocycles. The standard InChI is InChI=1S/C15H26N2O3/c1-9(2)11(18)8-16-14(19)17-12-10-4-7-20-13(10)15(12)5-3-6-15/h9-13,18H,3-8H2,1-2H3,(H2,16,17,19). The Morgan fingerprint density at radius 2 is 2.20 bits per heavy atom. The Balaban J connectivity index is 1.51. The van der Waals surface area contributed by atoms with E-state index >= 15 is 0 Å². The first kappa shape index (κ1) is 14.1. The Morgan fingerprint density at radius 3 is 2.80 bits per heavy atom. The van der Waals surface area contributed by atoms with Gasteiger partial charge in [0.25, 0.3) is 0 Å². The maximum Gasteiger partial charge on any atom is 0.315 e. The first-order valence-corrected chi connectivity index (χ1v) is 7.88. The maximum atomic E-state index is 12.0. The molecule has 3 rings (SSSR count). The van der Waals surface area contributed by atoms with Gasteiger partial charge in [-0.3, -0.25) is 0 Å². The average molecular weight is 282 g/mol. The van der Waals surface area contributed by atoms with Gasteiger partial charge >= 0.3 is 6.03 Å². The molecule has 2 saturated carbocycles. The van der Waals surface area contributed by atoms with Gasteiger partial charge < -0.3 is 20.5 Å². The number of hydrogen-bond donors (Lipinski definition) is 3. The minimum absolute atomic E-state index is 0.147. The largest absolute Gasteiger partial charge is 0.391 e. The summed E-state index contributed by atoms with van der Waals surface area (Å²) in [5.74, 6) is 0.653. The van der Waals surface area contributed by atoms with E-state index in [0.29, 0.717) is 18.6 Å². The van der Waals surface area contributed by atoms with Crippen LogP contribution < -0.4 is 10.6 Å². The molecule has 3 fully saturated rings. The van der Waals surface area contributed by atoms with E-state index in [-0.39, 0.29) is 23.4 Å². The second-order valence-corrected chi connectivity index (χ2v) is 6.97. The van der Waals surface area contributed by atoms with E-state index in [4.69, 9.17) is 4.74 Å². The predicted octanol–water partition coefficient (Wildman–Crippen LogP) is 1.26. The van der Waals surface area contributed by atoms with Crippen molar-refractivity contribution in [3.8, 4) is 0 Å². The van der Waals surface area contributed by atoms with E-state index in [1.54, 1.807) is 0 Å². The van der Waals surface area contributed by atoms with Crippen molar-refractivity contribution >= 4 is 6.03 Å². The number of amides is 2. The smallest absolute Gasteiger partial charge is 0.315 e. The molecule has 4 unspecified atom stereocenters. The summed E-state index contributed by atoms with van der Waals surface area (Å²) in [6.07, 6.45) is 4.55. The fourth-order valence-corrected chi connectivity index (χ4v) is 4.08. The molecule has 1 heterocycles. The highest BCUT2D eigenvalue weighted by Gasteiger charge is 2.66. The van der Waals surface area contributed by atoms with Gasteiger partial charge in [-0.25, -0.2) is 4.79 Å². The second kappa shape index (κ2) is 5.19. The van der Waals surface area contributed by atoms with Gasteiger partial charge in [0.1, 0.15) is 0 Å². The van der Waals surface area contributed by atoms with Gasteiger partial charge in [0.15, 0.2) is 0 Å². The van der Waals surface area contributed by atoms with Crippen LogP contribution in [0.4, 0.5) is 4.79 Å². The summed E-state index contributed by atoms with van der Waals surface area (Å²) in [4.78, 5) is 12.0. The highest BCUT2D eigenvalue weighted by Crippen LogP contribution is 2.62. The van der Waals surface area contributed by atoms with Crippen molar-refractivity contribution in [1.82, 2.24) is 10.6 Å². The molecule has 20 heavy (non-hydrogen) atoms. The van der Waals surface area contributed by atoms with Crippen LogP contribution in [-0.2, 0) is 4.74 Å². The minimum atomic E-state index is -0.484. The Morgan fingerprint density at radius 1 is 1.45 bits per heavy atom. The zero-order chi connectivity index (χ0) is 14.3. The molecule has 114 valence electrons. The number of fused-ring (bicyclic) bond motifs is 2. The molecule has 3 aliphatic rings. The van der Waals surface area contributed by atoms with Gasteiger partial charge in [-0.05, 0) is 25.2 Å². The Kier molecular flexibility index (Phi) is 3.67. The van der Waals surface area contributed by atoms with E-state index in [9.17, 15) is 9.90 Å². The molecule has 0 bridgehead atoms. The first-order chi connectivity index (χ1) is 9.54. The van der Waals surface area contributed by atoms with Crippen LogP contribution in [0.2, 0.25) is 0 Å². The fourth-order valence-electron chi connectivity index (χ4n) is 4.08. The van der Waals surface area contributed by atoms with E-state index in [1.807, 2.05) is 13.8 Å². The second-order valence-electron chi connectivity index (χ2n) is 6.97. The van der Waals surface area contributed by atoms with Crippen molar-refractivity contribution in [3.63, 3.8) is 0 Å². The number of carbonyl (C=O) groups excluding carboxylic acids is 1. The third-order valence-corrected chi connectivity index (χ3v) is 5.56. The third kappa shape index (κ3) is 2.11. The van der Waals surface area contributed by atoms with Crippen molar-refractivity contribution in [1.29, 1.82) is 0 Å². The number of ether oxygens (including phenoxy) is 1.